The lowest BCUT2D eigenvalue weighted by Crippen LogP contribution is -2.08. The quantitative estimate of drug-likeness (QED) is 0.732. The molecular formula is C12H7F3INO. The number of benzene rings is 1. The number of hydrogen-bond donors (Lipinski definition) is 0. The Morgan fingerprint density at radius 3 is 2.39 bits per heavy atom. The van der Waals surface area contributed by atoms with Crippen LogP contribution in [-0.2, 0) is 6.18 Å². The molecule has 0 radical (unpaired) electrons. The van der Waals surface area contributed by atoms with Gasteiger partial charge >= 0.3 is 6.18 Å². The molecule has 2 rings (SSSR count). The third-order valence-electron chi connectivity index (χ3n) is 2.29. The van der Waals surface area contributed by atoms with Crippen LogP contribution < -0.4 is 3.07 Å². The zero-order valence-electron chi connectivity index (χ0n) is 8.91. The van der Waals surface area contributed by atoms with Crippen LogP contribution in [0.15, 0.2) is 42.5 Å². The van der Waals surface area contributed by atoms with E-state index in [1.54, 1.807) is 47.3 Å². The summed E-state index contributed by atoms with van der Waals surface area (Å²) in [4.78, 5) is 3.61. The molecule has 1 aromatic heterocycles. The second-order valence-electron chi connectivity index (χ2n) is 3.48. The predicted octanol–water partition coefficient (Wildman–Crippen LogP) is 4.50. The van der Waals surface area contributed by atoms with Gasteiger partial charge in [-0.15, -0.1) is 0 Å². The van der Waals surface area contributed by atoms with E-state index in [2.05, 4.69) is 4.98 Å². The van der Waals surface area contributed by atoms with Gasteiger partial charge in [0.2, 0.25) is 0 Å². The molecule has 0 spiro atoms. The summed E-state index contributed by atoms with van der Waals surface area (Å²) in [5.41, 5.74) is -0.154. The van der Waals surface area contributed by atoms with Crippen LogP contribution in [0, 0.1) is 0 Å². The van der Waals surface area contributed by atoms with Crippen LogP contribution in [0.5, 0.6) is 5.75 Å². The monoisotopic (exact) mass is 365 g/mol. The summed E-state index contributed by atoms with van der Waals surface area (Å²) >= 11 is 1.68. The summed E-state index contributed by atoms with van der Waals surface area (Å²) in [5.74, 6) is 0.477. The molecule has 6 heteroatoms. The van der Waals surface area contributed by atoms with Crippen molar-refractivity contribution in [3.05, 3.63) is 48.2 Å². The molecule has 0 aliphatic rings. The highest BCUT2D eigenvalue weighted by molar-refractivity contribution is 14.1. The molecule has 0 amide bonds. The van der Waals surface area contributed by atoms with Gasteiger partial charge in [-0.1, -0.05) is 18.2 Å². The van der Waals surface area contributed by atoms with Crippen LogP contribution in [0.3, 0.4) is 0 Å². The van der Waals surface area contributed by atoms with Crippen molar-refractivity contribution in [3.63, 3.8) is 0 Å². The largest absolute Gasteiger partial charge is 0.433 e. The van der Waals surface area contributed by atoms with Crippen LogP contribution in [0.4, 0.5) is 13.2 Å². The Kier molecular flexibility index (Phi) is 3.74. The van der Waals surface area contributed by atoms with Crippen molar-refractivity contribution in [1.29, 1.82) is 0 Å². The lowest BCUT2D eigenvalue weighted by Gasteiger charge is -2.09. The van der Waals surface area contributed by atoms with Gasteiger partial charge in [0, 0.05) is 5.56 Å². The number of hydrogen-bond acceptors (Lipinski definition) is 2. The fourth-order valence-corrected chi connectivity index (χ4v) is 1.87. The van der Waals surface area contributed by atoms with Gasteiger partial charge in [0.25, 0.3) is 0 Å². The van der Waals surface area contributed by atoms with Crippen molar-refractivity contribution < 1.29 is 16.2 Å². The molecule has 0 fully saturated rings. The fourth-order valence-electron chi connectivity index (χ4n) is 1.49. The predicted molar refractivity (Wildman–Crippen MR) is 69.3 cm³/mol. The Bertz CT molecular complexity index is 557. The van der Waals surface area contributed by atoms with Crippen LogP contribution in [0.1, 0.15) is 5.69 Å². The van der Waals surface area contributed by atoms with Crippen LogP contribution in [-0.4, -0.2) is 4.98 Å². The van der Waals surface area contributed by atoms with E-state index in [1.165, 1.54) is 12.1 Å². The Balaban J connectivity index is 2.51. The first-order valence-electron chi connectivity index (χ1n) is 4.94. The molecule has 0 aliphatic carbocycles. The maximum Gasteiger partial charge on any atom is 0.433 e. The van der Waals surface area contributed by atoms with Gasteiger partial charge in [0.15, 0.2) is 23.0 Å². The Labute approximate surface area is 115 Å². The third kappa shape index (κ3) is 2.74. The molecule has 0 N–H and O–H groups in total. The van der Waals surface area contributed by atoms with Gasteiger partial charge < -0.3 is 3.07 Å². The lowest BCUT2D eigenvalue weighted by atomic mass is 10.1. The molecule has 0 unspecified atom stereocenters. The molecule has 0 bridgehead atoms. The van der Waals surface area contributed by atoms with Gasteiger partial charge in [-0.2, -0.15) is 13.2 Å². The van der Waals surface area contributed by atoms with E-state index in [0.29, 0.717) is 11.3 Å². The van der Waals surface area contributed by atoms with Gasteiger partial charge in [0.1, 0.15) is 11.4 Å². The summed E-state index contributed by atoms with van der Waals surface area (Å²) in [6.45, 7) is 0. The summed E-state index contributed by atoms with van der Waals surface area (Å²) in [6, 6.07) is 10.6. The maximum absolute atomic E-state index is 12.6. The highest BCUT2D eigenvalue weighted by Gasteiger charge is 2.32. The van der Waals surface area contributed by atoms with Crippen molar-refractivity contribution >= 4 is 23.0 Å². The van der Waals surface area contributed by atoms with E-state index >= 15 is 0 Å². The molecular weight excluding hydrogens is 358 g/mol. The number of aromatic nitrogens is 1. The second kappa shape index (κ2) is 5.13. The minimum Gasteiger partial charge on any atom is -0.427 e. The van der Waals surface area contributed by atoms with Crippen LogP contribution >= 0.6 is 23.0 Å². The van der Waals surface area contributed by atoms with Gasteiger partial charge in [-0.05, 0) is 24.3 Å². The fraction of sp³-hybridized carbons (Fsp3) is 0.0833. The average molecular weight is 365 g/mol. The molecule has 0 saturated carbocycles. The SMILES string of the molecule is FC(F)(F)c1cccc(-c2ccccc2OI)n1. The average Bonchev–Trinajstić information content (AvgIpc) is 2.38. The number of pyridine rings is 1. The molecule has 94 valence electrons. The molecule has 18 heavy (non-hydrogen) atoms. The molecule has 2 aromatic rings. The van der Waals surface area contributed by atoms with Crippen LogP contribution in [0.25, 0.3) is 11.3 Å². The summed E-state index contributed by atoms with van der Waals surface area (Å²) < 4.78 is 42.8. The number of nitrogens with zero attached hydrogens (tertiary/aromatic N) is 1. The number of halogens is 4. The van der Waals surface area contributed by atoms with E-state index in [4.69, 9.17) is 3.07 Å². The van der Waals surface area contributed by atoms with Crippen molar-refractivity contribution in [3.8, 4) is 17.0 Å². The van der Waals surface area contributed by atoms with E-state index in [-0.39, 0.29) is 5.69 Å². The van der Waals surface area contributed by atoms with E-state index in [1.807, 2.05) is 0 Å². The Morgan fingerprint density at radius 1 is 1.00 bits per heavy atom. The van der Waals surface area contributed by atoms with Gasteiger partial charge in [-0.25, -0.2) is 4.98 Å². The zero-order valence-corrected chi connectivity index (χ0v) is 11.1. The highest BCUT2D eigenvalue weighted by atomic mass is 127. The van der Waals surface area contributed by atoms with Crippen molar-refractivity contribution in [1.82, 2.24) is 4.98 Å². The minimum atomic E-state index is -4.45. The molecule has 2 nitrogen and oxygen atoms in total. The first-order chi connectivity index (χ1) is 8.52. The second-order valence-corrected chi connectivity index (χ2v) is 3.92. The minimum absolute atomic E-state index is 0.233. The van der Waals surface area contributed by atoms with E-state index in [0.717, 1.165) is 6.07 Å². The normalized spacial score (nSPS) is 11.3. The molecule has 0 atom stereocenters. The molecule has 0 aliphatic heterocycles. The lowest BCUT2D eigenvalue weighted by molar-refractivity contribution is -0.141. The molecule has 1 heterocycles. The Morgan fingerprint density at radius 2 is 1.72 bits per heavy atom. The first-order valence-corrected chi connectivity index (χ1v) is 5.82. The van der Waals surface area contributed by atoms with Gasteiger partial charge in [-0.3, -0.25) is 0 Å². The number of rotatable bonds is 2. The van der Waals surface area contributed by atoms with E-state index in [9.17, 15) is 13.2 Å². The van der Waals surface area contributed by atoms with Crippen molar-refractivity contribution in [2.45, 2.75) is 6.18 Å². The van der Waals surface area contributed by atoms with Crippen molar-refractivity contribution in [2.24, 2.45) is 0 Å². The summed E-state index contributed by atoms with van der Waals surface area (Å²) in [6.07, 6.45) is -4.45. The van der Waals surface area contributed by atoms with Gasteiger partial charge in [0.05, 0.1) is 5.69 Å². The standard InChI is InChI=1S/C12H7F3INO/c13-12(14,15)11-7-3-5-9(17-11)8-4-1-2-6-10(8)18-16/h1-7H. The first kappa shape index (κ1) is 13.1. The summed E-state index contributed by atoms with van der Waals surface area (Å²) in [7, 11) is 0. The number of alkyl halides is 3. The Hall–Kier alpha value is -1.31. The van der Waals surface area contributed by atoms with Crippen LogP contribution in [0.2, 0.25) is 0 Å². The highest BCUT2D eigenvalue weighted by Crippen LogP contribution is 2.33. The maximum atomic E-state index is 12.6. The molecule has 0 saturated heterocycles. The molecule has 1 aromatic carbocycles. The third-order valence-corrected chi connectivity index (χ3v) is 2.76. The van der Waals surface area contributed by atoms with Crippen molar-refractivity contribution in [2.75, 3.05) is 0 Å². The smallest absolute Gasteiger partial charge is 0.427 e. The zero-order chi connectivity index (χ0) is 13.2. The number of para-hydroxylation sites is 1. The summed E-state index contributed by atoms with van der Waals surface area (Å²) in [5, 5.41) is 0. The van der Waals surface area contributed by atoms with E-state index < -0.39 is 11.9 Å². The topological polar surface area (TPSA) is 22.1 Å².